The SMILES string of the molecule is Cc1nc(CC(O)C(C)c2ccccc2)sc1C. The molecule has 3 heteroatoms. The van der Waals surface area contributed by atoms with Crippen LogP contribution in [-0.4, -0.2) is 16.2 Å². The van der Waals surface area contributed by atoms with Crippen molar-refractivity contribution < 1.29 is 5.11 Å². The van der Waals surface area contributed by atoms with Crippen molar-refractivity contribution in [3.8, 4) is 0 Å². The van der Waals surface area contributed by atoms with Gasteiger partial charge in [-0.15, -0.1) is 11.3 Å². The van der Waals surface area contributed by atoms with E-state index in [0.717, 1.165) is 10.7 Å². The Morgan fingerprint density at radius 3 is 2.44 bits per heavy atom. The Hall–Kier alpha value is -1.19. The van der Waals surface area contributed by atoms with E-state index in [2.05, 4.69) is 31.0 Å². The minimum Gasteiger partial charge on any atom is -0.392 e. The lowest BCUT2D eigenvalue weighted by Gasteiger charge is -2.18. The van der Waals surface area contributed by atoms with Crippen LogP contribution in [0.4, 0.5) is 0 Å². The second kappa shape index (κ2) is 5.63. The first-order valence-corrected chi connectivity index (χ1v) is 7.05. The summed E-state index contributed by atoms with van der Waals surface area (Å²) in [4.78, 5) is 5.73. The van der Waals surface area contributed by atoms with Gasteiger partial charge < -0.3 is 5.11 Å². The number of benzene rings is 1. The van der Waals surface area contributed by atoms with Crippen LogP contribution in [0.1, 0.15) is 34.0 Å². The average molecular weight is 261 g/mol. The number of aryl methyl sites for hydroxylation is 2. The molecule has 0 aliphatic rings. The highest BCUT2D eigenvalue weighted by Crippen LogP contribution is 2.24. The van der Waals surface area contributed by atoms with Crippen molar-refractivity contribution in [1.82, 2.24) is 4.98 Å². The zero-order valence-corrected chi connectivity index (χ0v) is 11.9. The summed E-state index contributed by atoms with van der Waals surface area (Å²) in [7, 11) is 0. The van der Waals surface area contributed by atoms with E-state index in [1.165, 1.54) is 10.4 Å². The first kappa shape index (κ1) is 13.2. The van der Waals surface area contributed by atoms with Gasteiger partial charge in [0.15, 0.2) is 0 Å². The third kappa shape index (κ3) is 2.98. The Kier molecular flexibility index (Phi) is 4.15. The van der Waals surface area contributed by atoms with Crippen molar-refractivity contribution in [2.75, 3.05) is 0 Å². The fourth-order valence-corrected chi connectivity index (χ4v) is 2.94. The Bertz CT molecular complexity index is 487. The van der Waals surface area contributed by atoms with E-state index < -0.39 is 0 Å². The maximum Gasteiger partial charge on any atom is 0.0956 e. The molecule has 0 saturated heterocycles. The summed E-state index contributed by atoms with van der Waals surface area (Å²) in [6, 6.07) is 10.1. The second-order valence-corrected chi connectivity index (χ2v) is 6.01. The molecule has 0 bridgehead atoms. The van der Waals surface area contributed by atoms with Crippen molar-refractivity contribution in [1.29, 1.82) is 0 Å². The van der Waals surface area contributed by atoms with E-state index in [-0.39, 0.29) is 12.0 Å². The normalized spacial score (nSPS) is 14.4. The molecule has 0 aliphatic carbocycles. The highest BCUT2D eigenvalue weighted by atomic mass is 32.1. The molecule has 2 atom stereocenters. The zero-order valence-electron chi connectivity index (χ0n) is 11.1. The number of aliphatic hydroxyl groups is 1. The molecule has 0 amide bonds. The van der Waals surface area contributed by atoms with Crippen molar-refractivity contribution in [3.05, 3.63) is 51.5 Å². The van der Waals surface area contributed by atoms with Gasteiger partial charge in [0.1, 0.15) is 0 Å². The first-order valence-electron chi connectivity index (χ1n) is 6.24. The van der Waals surface area contributed by atoms with Crippen molar-refractivity contribution in [3.63, 3.8) is 0 Å². The largest absolute Gasteiger partial charge is 0.392 e. The predicted molar refractivity (Wildman–Crippen MR) is 76.2 cm³/mol. The topological polar surface area (TPSA) is 33.1 Å². The van der Waals surface area contributed by atoms with Crippen molar-refractivity contribution in [2.45, 2.75) is 39.2 Å². The Balaban J connectivity index is 2.06. The lowest BCUT2D eigenvalue weighted by Crippen LogP contribution is -2.18. The molecule has 2 rings (SSSR count). The molecule has 2 unspecified atom stereocenters. The third-order valence-electron chi connectivity index (χ3n) is 3.36. The maximum atomic E-state index is 10.3. The van der Waals surface area contributed by atoms with Gasteiger partial charge in [-0.25, -0.2) is 4.98 Å². The van der Waals surface area contributed by atoms with Gasteiger partial charge >= 0.3 is 0 Å². The summed E-state index contributed by atoms with van der Waals surface area (Å²) >= 11 is 1.68. The average Bonchev–Trinajstić information content (AvgIpc) is 2.68. The highest BCUT2D eigenvalue weighted by molar-refractivity contribution is 7.11. The zero-order chi connectivity index (χ0) is 13.1. The van der Waals surface area contributed by atoms with Gasteiger partial charge in [0.05, 0.1) is 16.8 Å². The van der Waals surface area contributed by atoms with Crippen molar-refractivity contribution >= 4 is 11.3 Å². The van der Waals surface area contributed by atoms with Crippen LogP contribution in [0.15, 0.2) is 30.3 Å². The molecule has 2 aromatic rings. The van der Waals surface area contributed by atoms with Crippen LogP contribution in [0.3, 0.4) is 0 Å². The van der Waals surface area contributed by atoms with Crippen LogP contribution in [0.2, 0.25) is 0 Å². The molecule has 0 radical (unpaired) electrons. The molecule has 1 N–H and O–H groups in total. The van der Waals surface area contributed by atoms with Crippen LogP contribution in [-0.2, 0) is 6.42 Å². The minimum absolute atomic E-state index is 0.135. The monoisotopic (exact) mass is 261 g/mol. The molecular weight excluding hydrogens is 242 g/mol. The molecular formula is C15H19NOS. The summed E-state index contributed by atoms with van der Waals surface area (Å²) in [5.74, 6) is 0.135. The number of hydrogen-bond acceptors (Lipinski definition) is 3. The summed E-state index contributed by atoms with van der Waals surface area (Å²) in [5, 5.41) is 11.3. The number of nitrogens with zero attached hydrogens (tertiary/aromatic N) is 1. The molecule has 0 fully saturated rings. The number of thiazole rings is 1. The first-order chi connectivity index (χ1) is 8.58. The van der Waals surface area contributed by atoms with Gasteiger partial charge in [-0.1, -0.05) is 37.3 Å². The van der Waals surface area contributed by atoms with Gasteiger partial charge in [-0.05, 0) is 19.4 Å². The smallest absolute Gasteiger partial charge is 0.0956 e. The van der Waals surface area contributed by atoms with E-state index in [0.29, 0.717) is 6.42 Å². The van der Waals surface area contributed by atoms with Crippen LogP contribution < -0.4 is 0 Å². The number of aromatic nitrogens is 1. The van der Waals surface area contributed by atoms with Crippen molar-refractivity contribution in [2.24, 2.45) is 0 Å². The van der Waals surface area contributed by atoms with E-state index in [1.807, 2.05) is 25.1 Å². The summed E-state index contributed by atoms with van der Waals surface area (Å²) < 4.78 is 0. The Morgan fingerprint density at radius 1 is 1.22 bits per heavy atom. The van der Waals surface area contributed by atoms with Gasteiger partial charge in [0.2, 0.25) is 0 Å². The molecule has 1 aromatic heterocycles. The van der Waals surface area contributed by atoms with E-state index in [1.54, 1.807) is 11.3 Å². The minimum atomic E-state index is -0.377. The third-order valence-corrected chi connectivity index (χ3v) is 4.45. The summed E-state index contributed by atoms with van der Waals surface area (Å²) in [6.45, 7) is 6.15. The lowest BCUT2D eigenvalue weighted by atomic mass is 9.94. The Morgan fingerprint density at radius 2 is 1.89 bits per heavy atom. The molecule has 0 saturated carbocycles. The van der Waals surface area contributed by atoms with Gasteiger partial charge in [-0.2, -0.15) is 0 Å². The lowest BCUT2D eigenvalue weighted by molar-refractivity contribution is 0.149. The van der Waals surface area contributed by atoms with Gasteiger partial charge in [-0.3, -0.25) is 0 Å². The van der Waals surface area contributed by atoms with Gasteiger partial charge in [0, 0.05) is 17.2 Å². The van der Waals surface area contributed by atoms with E-state index >= 15 is 0 Å². The quantitative estimate of drug-likeness (QED) is 0.914. The van der Waals surface area contributed by atoms with E-state index in [9.17, 15) is 5.11 Å². The van der Waals surface area contributed by atoms with Crippen LogP contribution in [0.25, 0.3) is 0 Å². The molecule has 1 heterocycles. The Labute approximate surface area is 112 Å². The molecule has 0 spiro atoms. The molecule has 2 nitrogen and oxygen atoms in total. The van der Waals surface area contributed by atoms with Crippen LogP contribution in [0.5, 0.6) is 0 Å². The fourth-order valence-electron chi connectivity index (χ4n) is 1.96. The van der Waals surface area contributed by atoms with Crippen LogP contribution in [0, 0.1) is 13.8 Å². The number of hydrogen-bond donors (Lipinski definition) is 1. The highest BCUT2D eigenvalue weighted by Gasteiger charge is 2.18. The van der Waals surface area contributed by atoms with E-state index in [4.69, 9.17) is 0 Å². The maximum absolute atomic E-state index is 10.3. The fraction of sp³-hybridized carbons (Fsp3) is 0.400. The second-order valence-electron chi connectivity index (χ2n) is 4.72. The molecule has 0 aliphatic heterocycles. The summed E-state index contributed by atoms with van der Waals surface area (Å²) in [5.41, 5.74) is 2.25. The molecule has 96 valence electrons. The standard InChI is InChI=1S/C15H19NOS/c1-10(13-7-5-4-6-8-13)14(17)9-15-16-11(2)12(3)18-15/h4-8,10,14,17H,9H2,1-3H3. The van der Waals surface area contributed by atoms with Crippen LogP contribution >= 0.6 is 11.3 Å². The number of rotatable bonds is 4. The molecule has 18 heavy (non-hydrogen) atoms. The predicted octanol–water partition coefficient (Wildman–Crippen LogP) is 3.47. The summed E-state index contributed by atoms with van der Waals surface area (Å²) in [6.07, 6.45) is 0.257. The van der Waals surface area contributed by atoms with Gasteiger partial charge in [0.25, 0.3) is 0 Å². The number of aliphatic hydroxyl groups excluding tert-OH is 1. The molecule has 1 aromatic carbocycles.